The predicted molar refractivity (Wildman–Crippen MR) is 95.8 cm³/mol. The SMILES string of the molecule is C[C@]12CCC(=O)C=C1C=C[C@@H]1[C@@H]2CC[C@@]2(C)[C@H]1CC[C@@]2(O)CCC(=O)[O-].[Na+]. The summed E-state index contributed by atoms with van der Waals surface area (Å²) in [5.41, 5.74) is 0.0933. The first-order valence-electron chi connectivity index (χ1n) is 10.1. The number of rotatable bonds is 3. The third-order valence-corrected chi connectivity index (χ3v) is 8.58. The van der Waals surface area contributed by atoms with Gasteiger partial charge in [0.15, 0.2) is 5.78 Å². The van der Waals surface area contributed by atoms with Crippen LogP contribution in [0.2, 0.25) is 0 Å². The summed E-state index contributed by atoms with van der Waals surface area (Å²) in [4.78, 5) is 22.8. The second kappa shape index (κ2) is 7.12. The molecule has 2 fully saturated rings. The van der Waals surface area contributed by atoms with E-state index < -0.39 is 11.6 Å². The number of carboxylic acid groups (broad SMARTS) is 1. The minimum atomic E-state index is -1.08. The first-order chi connectivity index (χ1) is 12.2. The van der Waals surface area contributed by atoms with Gasteiger partial charge in [0.2, 0.25) is 0 Å². The Labute approximate surface area is 183 Å². The number of hydrogen-bond donors (Lipinski definition) is 1. The van der Waals surface area contributed by atoms with E-state index in [0.29, 0.717) is 37.0 Å². The van der Waals surface area contributed by atoms with Crippen molar-refractivity contribution in [1.82, 2.24) is 0 Å². The zero-order chi connectivity index (χ0) is 18.7. The van der Waals surface area contributed by atoms with Crippen molar-refractivity contribution in [2.45, 2.75) is 70.8 Å². The van der Waals surface area contributed by atoms with Gasteiger partial charge < -0.3 is 15.0 Å². The van der Waals surface area contributed by atoms with Crippen LogP contribution >= 0.6 is 0 Å². The Morgan fingerprint density at radius 2 is 1.93 bits per heavy atom. The van der Waals surface area contributed by atoms with Gasteiger partial charge in [-0.2, -0.15) is 0 Å². The first kappa shape index (κ1) is 21.3. The van der Waals surface area contributed by atoms with Gasteiger partial charge in [-0.3, -0.25) is 4.79 Å². The zero-order valence-corrected chi connectivity index (χ0v) is 18.8. The average molecular weight is 380 g/mol. The molecule has 0 bridgehead atoms. The summed E-state index contributed by atoms with van der Waals surface area (Å²) in [6.07, 6.45) is 11.6. The average Bonchev–Trinajstić information content (AvgIpc) is 2.86. The van der Waals surface area contributed by atoms with E-state index in [9.17, 15) is 19.8 Å². The van der Waals surface area contributed by atoms with Gasteiger partial charge in [-0.05, 0) is 85.2 Å². The topological polar surface area (TPSA) is 77.4 Å². The molecule has 5 heteroatoms. The monoisotopic (exact) mass is 380 g/mol. The number of aliphatic hydroxyl groups is 1. The predicted octanol–water partition coefficient (Wildman–Crippen LogP) is -0.440. The zero-order valence-electron chi connectivity index (χ0n) is 16.8. The number of carbonyl (C=O) groups excluding carboxylic acids is 2. The third-order valence-electron chi connectivity index (χ3n) is 8.58. The van der Waals surface area contributed by atoms with Gasteiger partial charge in [0, 0.05) is 12.4 Å². The standard InChI is InChI=1S/C22H30O4.Na/c1-20-9-5-15(23)13-14(20)3-4-16-17(20)6-10-21(2)18(16)7-11-22(21,26)12-8-19(24)25;/h3-4,13,16-18,26H,5-12H2,1-2H3,(H,24,25);/q;+1/p-1/t16-,17+,18+,20+,21+,22-;/m1./s1. The van der Waals surface area contributed by atoms with Crippen molar-refractivity contribution in [1.29, 1.82) is 0 Å². The van der Waals surface area contributed by atoms with Crippen LogP contribution in [0.25, 0.3) is 0 Å². The van der Waals surface area contributed by atoms with Crippen LogP contribution in [0.15, 0.2) is 23.8 Å². The van der Waals surface area contributed by atoms with Crippen LogP contribution in [0, 0.1) is 28.6 Å². The molecule has 0 spiro atoms. The Kier molecular flexibility index (Phi) is 5.62. The summed E-state index contributed by atoms with van der Waals surface area (Å²) in [5, 5.41) is 22.3. The number of allylic oxidation sites excluding steroid dienone is 4. The molecular weight excluding hydrogens is 351 g/mol. The number of hydrogen-bond acceptors (Lipinski definition) is 4. The molecule has 4 rings (SSSR count). The van der Waals surface area contributed by atoms with Gasteiger partial charge in [-0.1, -0.05) is 26.0 Å². The van der Waals surface area contributed by atoms with Crippen molar-refractivity contribution in [3.8, 4) is 0 Å². The summed E-state index contributed by atoms with van der Waals surface area (Å²) in [6, 6.07) is 0. The number of carboxylic acids is 1. The minimum Gasteiger partial charge on any atom is -0.550 e. The van der Waals surface area contributed by atoms with E-state index in [1.807, 2.05) is 6.08 Å². The molecule has 0 unspecified atom stereocenters. The smallest absolute Gasteiger partial charge is 0.550 e. The molecule has 0 heterocycles. The molecule has 6 atom stereocenters. The molecular formula is C22H29NaO4. The van der Waals surface area contributed by atoms with E-state index in [4.69, 9.17) is 0 Å². The number of aliphatic carboxylic acids is 1. The Morgan fingerprint density at radius 3 is 2.63 bits per heavy atom. The molecule has 142 valence electrons. The van der Waals surface area contributed by atoms with Gasteiger partial charge in [-0.25, -0.2) is 0 Å². The van der Waals surface area contributed by atoms with Crippen LogP contribution in [-0.2, 0) is 9.59 Å². The van der Waals surface area contributed by atoms with E-state index in [2.05, 4.69) is 26.0 Å². The Morgan fingerprint density at radius 1 is 1.22 bits per heavy atom. The molecule has 27 heavy (non-hydrogen) atoms. The summed E-state index contributed by atoms with van der Waals surface area (Å²) < 4.78 is 0. The number of ketones is 1. The molecule has 0 aliphatic heterocycles. The third kappa shape index (κ3) is 3.11. The van der Waals surface area contributed by atoms with Crippen LogP contribution in [-0.4, -0.2) is 22.5 Å². The first-order valence-corrected chi connectivity index (χ1v) is 10.1. The fourth-order valence-electron chi connectivity index (χ4n) is 6.83. The molecule has 0 saturated heterocycles. The molecule has 0 amide bonds. The Balaban J connectivity index is 0.00000210. The van der Waals surface area contributed by atoms with Gasteiger partial charge in [0.1, 0.15) is 0 Å². The largest absolute Gasteiger partial charge is 1.00 e. The fourth-order valence-corrected chi connectivity index (χ4v) is 6.83. The minimum absolute atomic E-state index is 0. The fraction of sp³-hybridized carbons (Fsp3) is 0.727. The van der Waals surface area contributed by atoms with Crippen molar-refractivity contribution >= 4 is 11.8 Å². The summed E-state index contributed by atoms with van der Waals surface area (Å²) in [5.74, 6) is 0.444. The van der Waals surface area contributed by atoms with Gasteiger partial charge in [0.05, 0.1) is 5.60 Å². The van der Waals surface area contributed by atoms with Crippen molar-refractivity contribution in [2.75, 3.05) is 0 Å². The van der Waals surface area contributed by atoms with Crippen molar-refractivity contribution in [3.63, 3.8) is 0 Å². The van der Waals surface area contributed by atoms with Crippen LogP contribution in [0.4, 0.5) is 0 Å². The number of carbonyl (C=O) groups is 2. The maximum Gasteiger partial charge on any atom is 1.00 e. The van der Waals surface area contributed by atoms with E-state index in [0.717, 1.165) is 25.7 Å². The quantitative estimate of drug-likeness (QED) is 0.674. The second-order valence-electron chi connectivity index (χ2n) is 9.53. The van der Waals surface area contributed by atoms with E-state index >= 15 is 0 Å². The van der Waals surface area contributed by atoms with Crippen LogP contribution in [0.3, 0.4) is 0 Å². The molecule has 4 aliphatic rings. The maximum atomic E-state index is 11.9. The van der Waals surface area contributed by atoms with Gasteiger partial charge in [-0.15, -0.1) is 0 Å². The molecule has 0 aromatic carbocycles. The van der Waals surface area contributed by atoms with Crippen molar-refractivity contribution in [3.05, 3.63) is 23.8 Å². The van der Waals surface area contributed by atoms with Crippen molar-refractivity contribution < 1.29 is 49.4 Å². The van der Waals surface area contributed by atoms with Crippen LogP contribution in [0.5, 0.6) is 0 Å². The van der Waals surface area contributed by atoms with Crippen LogP contribution in [0.1, 0.15) is 65.2 Å². The van der Waals surface area contributed by atoms with E-state index in [-0.39, 0.29) is 52.6 Å². The summed E-state index contributed by atoms with van der Waals surface area (Å²) in [7, 11) is 0. The molecule has 0 aromatic heterocycles. The van der Waals surface area contributed by atoms with Crippen molar-refractivity contribution in [2.24, 2.45) is 28.6 Å². The van der Waals surface area contributed by atoms with Crippen LogP contribution < -0.4 is 34.7 Å². The Hall–Kier alpha value is -0.420. The molecule has 4 nitrogen and oxygen atoms in total. The van der Waals surface area contributed by atoms with E-state index in [1.54, 1.807) is 0 Å². The van der Waals surface area contributed by atoms with Gasteiger partial charge >= 0.3 is 29.6 Å². The molecule has 4 aliphatic carbocycles. The molecule has 1 N–H and O–H groups in total. The van der Waals surface area contributed by atoms with Gasteiger partial charge in [0.25, 0.3) is 0 Å². The maximum absolute atomic E-state index is 11.9. The van der Waals surface area contributed by atoms with E-state index in [1.165, 1.54) is 5.57 Å². The summed E-state index contributed by atoms with van der Waals surface area (Å²) >= 11 is 0. The molecule has 0 aromatic rings. The summed E-state index contributed by atoms with van der Waals surface area (Å²) in [6.45, 7) is 4.48. The Bertz CT molecular complexity index is 713. The number of fused-ring (bicyclic) bond motifs is 5. The molecule has 0 radical (unpaired) electrons. The molecule has 2 saturated carbocycles. The second-order valence-corrected chi connectivity index (χ2v) is 9.53. The normalized spacial score (nSPS) is 45.2.